The van der Waals surface area contributed by atoms with Crippen molar-refractivity contribution in [2.24, 2.45) is 45.3 Å². The zero-order valence-electron chi connectivity index (χ0n) is 23.1. The van der Waals surface area contributed by atoms with Crippen LogP contribution in [0.15, 0.2) is 23.3 Å². The minimum Gasteiger partial charge on any atom is -0.466 e. The number of hydrogen-bond donors (Lipinski definition) is 0. The van der Waals surface area contributed by atoms with Crippen LogP contribution in [-0.4, -0.2) is 18.9 Å². The zero-order valence-corrected chi connectivity index (χ0v) is 23.1. The quantitative estimate of drug-likeness (QED) is 0.236. The first kappa shape index (κ1) is 25.7. The zero-order chi connectivity index (χ0) is 25.1. The molecule has 4 aliphatic carbocycles. The number of Topliss-reactive ketones (excluding diaryl/α,β-unsaturated/α-hetero) is 1. The maximum atomic E-state index is 12.8. The van der Waals surface area contributed by atoms with Crippen molar-refractivity contribution in [3.8, 4) is 0 Å². The Labute approximate surface area is 208 Å². The van der Waals surface area contributed by atoms with Crippen molar-refractivity contribution in [3.05, 3.63) is 23.3 Å². The fraction of sp³-hybridized carbons (Fsp3) is 0.806. The second kappa shape index (κ2) is 8.63. The van der Waals surface area contributed by atoms with Crippen LogP contribution in [0.2, 0.25) is 0 Å². The van der Waals surface area contributed by atoms with Crippen molar-refractivity contribution < 1.29 is 14.3 Å². The highest BCUT2D eigenvalue weighted by molar-refractivity contribution is 5.87. The number of carbonyl (C=O) groups excluding carboxylic acids is 2. The van der Waals surface area contributed by atoms with E-state index in [0.717, 1.165) is 43.6 Å². The van der Waals surface area contributed by atoms with Crippen molar-refractivity contribution in [1.82, 2.24) is 0 Å². The van der Waals surface area contributed by atoms with E-state index in [1.165, 1.54) is 32.8 Å². The van der Waals surface area contributed by atoms with Crippen LogP contribution in [0, 0.1) is 45.3 Å². The second-order valence-electron chi connectivity index (χ2n) is 13.5. The number of hydrogen-bond acceptors (Lipinski definition) is 3. The minimum absolute atomic E-state index is 0.195. The number of esters is 1. The maximum absolute atomic E-state index is 12.8. The van der Waals surface area contributed by atoms with Crippen LogP contribution in [-0.2, 0) is 14.3 Å². The van der Waals surface area contributed by atoms with E-state index in [4.69, 9.17) is 4.74 Å². The van der Waals surface area contributed by atoms with Gasteiger partial charge in [-0.3, -0.25) is 4.79 Å². The van der Waals surface area contributed by atoms with Gasteiger partial charge in [0.25, 0.3) is 0 Å². The van der Waals surface area contributed by atoms with Crippen molar-refractivity contribution in [2.45, 2.75) is 106 Å². The van der Waals surface area contributed by atoms with Gasteiger partial charge in [-0.15, -0.1) is 0 Å². The Kier molecular flexibility index (Phi) is 6.52. The molecule has 0 saturated heterocycles. The molecule has 0 bridgehead atoms. The van der Waals surface area contributed by atoms with Gasteiger partial charge < -0.3 is 4.74 Å². The molecule has 190 valence electrons. The molecule has 7 atom stereocenters. The molecular weight excluding hydrogens is 420 g/mol. The molecular formula is C31H48O3. The largest absolute Gasteiger partial charge is 0.466 e. The molecule has 0 radical (unpaired) electrons. The maximum Gasteiger partial charge on any atom is 0.333 e. The summed E-state index contributed by atoms with van der Waals surface area (Å²) in [6.07, 6.45) is 14.8. The molecule has 3 nitrogen and oxygen atoms in total. The first-order valence-corrected chi connectivity index (χ1v) is 13.8. The molecule has 0 unspecified atom stereocenters. The summed E-state index contributed by atoms with van der Waals surface area (Å²) < 4.78 is 4.85. The number of methoxy groups -OCH3 is 1. The summed E-state index contributed by atoms with van der Waals surface area (Å²) in [4.78, 5) is 24.5. The molecule has 0 amide bonds. The van der Waals surface area contributed by atoms with Crippen molar-refractivity contribution in [1.29, 1.82) is 0 Å². The van der Waals surface area contributed by atoms with Gasteiger partial charge in [-0.05, 0) is 98.2 Å². The van der Waals surface area contributed by atoms with Crippen LogP contribution in [0.1, 0.15) is 106 Å². The van der Waals surface area contributed by atoms with Gasteiger partial charge in [-0.25, -0.2) is 4.79 Å². The lowest BCUT2D eigenvalue weighted by molar-refractivity contribution is -0.146. The van der Waals surface area contributed by atoms with E-state index in [2.05, 4.69) is 53.7 Å². The molecule has 3 heteroatoms. The monoisotopic (exact) mass is 468 g/mol. The summed E-state index contributed by atoms with van der Waals surface area (Å²) in [5.41, 5.74) is 3.14. The van der Waals surface area contributed by atoms with Crippen molar-refractivity contribution in [3.63, 3.8) is 0 Å². The molecule has 0 N–H and O–H groups in total. The van der Waals surface area contributed by atoms with E-state index in [1.807, 2.05) is 6.92 Å². The molecule has 3 fully saturated rings. The molecule has 0 spiro atoms. The first-order chi connectivity index (χ1) is 15.8. The highest BCUT2D eigenvalue weighted by Crippen LogP contribution is 2.73. The summed E-state index contributed by atoms with van der Waals surface area (Å²) in [7, 11) is 1.45. The van der Waals surface area contributed by atoms with Crippen LogP contribution in [0.25, 0.3) is 0 Å². The predicted molar refractivity (Wildman–Crippen MR) is 138 cm³/mol. The molecule has 0 aliphatic heterocycles. The second-order valence-corrected chi connectivity index (χ2v) is 13.5. The third-order valence-corrected chi connectivity index (χ3v) is 11.9. The number of carbonyl (C=O) groups is 2. The molecule has 0 heterocycles. The van der Waals surface area contributed by atoms with Crippen LogP contribution < -0.4 is 0 Å². The molecule has 4 aliphatic rings. The van der Waals surface area contributed by atoms with Gasteiger partial charge in [0.05, 0.1) is 7.11 Å². The fourth-order valence-electron chi connectivity index (χ4n) is 9.47. The number of fused-ring (bicyclic) bond motifs is 5. The van der Waals surface area contributed by atoms with Crippen molar-refractivity contribution in [2.75, 3.05) is 7.11 Å². The van der Waals surface area contributed by atoms with Crippen LogP contribution >= 0.6 is 0 Å². The van der Waals surface area contributed by atoms with Gasteiger partial charge in [-0.1, -0.05) is 59.3 Å². The van der Waals surface area contributed by atoms with Gasteiger partial charge in [0.2, 0.25) is 0 Å². The summed E-state index contributed by atoms with van der Waals surface area (Å²) in [5, 5.41) is 0. The highest BCUT2D eigenvalue weighted by atomic mass is 16.5. The number of ketones is 1. The standard InChI is InChI=1S/C31H48O3/c1-20(10-9-11-21(2)27(33)34-8)22-14-18-31(7)24-12-13-25-28(3,4)26(32)16-17-29(25,5)23(24)15-19-30(22,31)6/h11-12,20,22-23,25H,9-10,13-19H2,1-8H3/t20-,22+,23+,25+,29-,30+,31-/m1/s1. The smallest absolute Gasteiger partial charge is 0.333 e. The van der Waals surface area contributed by atoms with E-state index in [-0.39, 0.29) is 22.2 Å². The lowest BCUT2D eigenvalue weighted by atomic mass is 9.41. The Morgan fingerprint density at radius 3 is 2.53 bits per heavy atom. The Balaban J connectivity index is 1.56. The number of rotatable bonds is 5. The predicted octanol–water partition coefficient (Wildman–Crippen LogP) is 7.70. The van der Waals surface area contributed by atoms with E-state index in [0.29, 0.717) is 29.0 Å². The topological polar surface area (TPSA) is 43.4 Å². The summed E-state index contributed by atoms with van der Waals surface area (Å²) in [5.74, 6) is 2.74. The van der Waals surface area contributed by atoms with Crippen molar-refractivity contribution >= 4 is 11.8 Å². The number of ether oxygens (including phenoxy) is 1. The minimum atomic E-state index is -0.213. The molecule has 4 rings (SSSR count). The van der Waals surface area contributed by atoms with E-state index < -0.39 is 0 Å². The normalized spacial score (nSPS) is 42.2. The lowest BCUT2D eigenvalue weighted by Gasteiger charge is -2.63. The van der Waals surface area contributed by atoms with Crippen LogP contribution in [0.5, 0.6) is 0 Å². The Hall–Kier alpha value is -1.38. The Morgan fingerprint density at radius 1 is 1.15 bits per heavy atom. The van der Waals surface area contributed by atoms with Gasteiger partial charge in [0.15, 0.2) is 0 Å². The van der Waals surface area contributed by atoms with Gasteiger partial charge in [-0.2, -0.15) is 0 Å². The molecule has 0 aromatic heterocycles. The van der Waals surface area contributed by atoms with Crippen LogP contribution in [0.3, 0.4) is 0 Å². The first-order valence-electron chi connectivity index (χ1n) is 13.8. The van der Waals surface area contributed by atoms with E-state index in [9.17, 15) is 9.59 Å². The highest BCUT2D eigenvalue weighted by Gasteiger charge is 2.65. The lowest BCUT2D eigenvalue weighted by Crippen LogP contribution is -2.57. The average Bonchev–Trinajstić information content (AvgIpc) is 3.07. The molecule has 34 heavy (non-hydrogen) atoms. The SMILES string of the molecule is COC(=O)C(C)=CCC[C@@H](C)[C@@H]1CC[C@]2(C)C3=CC[C@H]4C(C)(C)C(=O)CC[C@]4(C)[C@H]3CC[C@@]12C. The van der Waals surface area contributed by atoms with E-state index in [1.54, 1.807) is 5.57 Å². The Bertz CT molecular complexity index is 910. The molecule has 0 aromatic carbocycles. The average molecular weight is 469 g/mol. The van der Waals surface area contributed by atoms with E-state index >= 15 is 0 Å². The molecule has 0 aromatic rings. The van der Waals surface area contributed by atoms with Crippen LogP contribution in [0.4, 0.5) is 0 Å². The van der Waals surface area contributed by atoms with Gasteiger partial charge in [0.1, 0.15) is 5.78 Å². The number of allylic oxidation sites excluding steroid dienone is 3. The summed E-state index contributed by atoms with van der Waals surface area (Å²) >= 11 is 0. The third-order valence-electron chi connectivity index (χ3n) is 11.9. The third kappa shape index (κ3) is 3.58. The van der Waals surface area contributed by atoms with Gasteiger partial charge in [0, 0.05) is 17.4 Å². The fourth-order valence-corrected chi connectivity index (χ4v) is 9.47. The molecule has 3 saturated carbocycles. The summed E-state index contributed by atoms with van der Waals surface area (Å²) in [6, 6.07) is 0. The van der Waals surface area contributed by atoms with Gasteiger partial charge >= 0.3 is 5.97 Å². The Morgan fingerprint density at radius 2 is 1.85 bits per heavy atom. The summed E-state index contributed by atoms with van der Waals surface area (Å²) in [6.45, 7) is 16.4.